The topological polar surface area (TPSA) is 103 Å². The molecule has 2 aromatic carbocycles. The molecule has 29 heavy (non-hydrogen) atoms. The van der Waals surface area contributed by atoms with Crippen molar-refractivity contribution in [1.29, 1.82) is 0 Å². The van der Waals surface area contributed by atoms with E-state index in [-0.39, 0.29) is 5.56 Å². The van der Waals surface area contributed by atoms with Crippen molar-refractivity contribution >= 4 is 23.9 Å². The quantitative estimate of drug-likeness (QED) is 0.416. The first kappa shape index (κ1) is 21.4. The molecule has 0 aliphatic carbocycles. The molecule has 2 N–H and O–H groups in total. The normalized spacial score (nSPS) is 10.3. The van der Waals surface area contributed by atoms with Crippen molar-refractivity contribution in [2.75, 3.05) is 20.8 Å². The average Bonchev–Trinajstić information content (AvgIpc) is 2.74. The van der Waals surface area contributed by atoms with Gasteiger partial charge in [0.25, 0.3) is 11.8 Å². The van der Waals surface area contributed by atoms with Crippen LogP contribution >= 0.6 is 0 Å². The molecule has 2 amide bonds. The zero-order chi connectivity index (χ0) is 21.2. The summed E-state index contributed by atoms with van der Waals surface area (Å²) in [6.07, 6.45) is 2.56. The molecule has 0 radical (unpaired) electrons. The zero-order valence-corrected chi connectivity index (χ0v) is 15.7. The van der Waals surface area contributed by atoms with Crippen molar-refractivity contribution in [3.05, 3.63) is 65.5 Å². The van der Waals surface area contributed by atoms with Gasteiger partial charge in [-0.25, -0.2) is 9.18 Å². The number of halogens is 1. The second kappa shape index (κ2) is 10.5. The molecule has 0 heterocycles. The molecular weight excluding hydrogens is 383 g/mol. The Bertz CT molecular complexity index is 929. The molecule has 0 unspecified atom stereocenters. The van der Waals surface area contributed by atoms with E-state index in [0.717, 1.165) is 12.1 Å². The zero-order valence-electron chi connectivity index (χ0n) is 15.7. The standard InChI is InChI=1S/C20H19FN2O6/c1-27-16-9-5-6-13(19(16)28-2)10-11-18(25)29-12-17(24)22-23-20(26)14-7-3-4-8-15(14)21/h3-11H,12H2,1-2H3,(H,22,24)(H,23,26)/b11-10+. The molecule has 0 spiro atoms. The summed E-state index contributed by atoms with van der Waals surface area (Å²) in [4.78, 5) is 35.2. The van der Waals surface area contributed by atoms with Gasteiger partial charge in [-0.2, -0.15) is 0 Å². The van der Waals surface area contributed by atoms with E-state index in [2.05, 4.69) is 0 Å². The van der Waals surface area contributed by atoms with E-state index in [1.807, 2.05) is 10.9 Å². The Balaban J connectivity index is 1.83. The second-order valence-electron chi connectivity index (χ2n) is 5.51. The summed E-state index contributed by atoms with van der Waals surface area (Å²) < 4.78 is 28.7. The molecule has 152 valence electrons. The maximum absolute atomic E-state index is 13.5. The number of ether oxygens (including phenoxy) is 3. The number of hydrogen-bond donors (Lipinski definition) is 2. The predicted octanol–water partition coefficient (Wildman–Crippen LogP) is 1.86. The van der Waals surface area contributed by atoms with Gasteiger partial charge in [0, 0.05) is 11.6 Å². The summed E-state index contributed by atoms with van der Waals surface area (Å²) in [6, 6.07) is 10.4. The van der Waals surface area contributed by atoms with Gasteiger partial charge in [0.15, 0.2) is 18.1 Å². The molecule has 0 saturated heterocycles. The number of hydrogen-bond acceptors (Lipinski definition) is 6. The fourth-order valence-electron chi connectivity index (χ4n) is 2.26. The first-order chi connectivity index (χ1) is 14.0. The number of rotatable bonds is 7. The third kappa shape index (κ3) is 6.06. The molecule has 0 aliphatic heterocycles. The summed E-state index contributed by atoms with van der Waals surface area (Å²) in [5.74, 6) is -2.22. The van der Waals surface area contributed by atoms with Crippen molar-refractivity contribution in [2.45, 2.75) is 0 Å². The van der Waals surface area contributed by atoms with Gasteiger partial charge in [-0.05, 0) is 24.3 Å². The van der Waals surface area contributed by atoms with Crippen molar-refractivity contribution < 1.29 is 33.0 Å². The van der Waals surface area contributed by atoms with E-state index in [4.69, 9.17) is 14.2 Å². The minimum Gasteiger partial charge on any atom is -0.493 e. The molecule has 8 nitrogen and oxygen atoms in total. The highest BCUT2D eigenvalue weighted by Crippen LogP contribution is 2.31. The van der Waals surface area contributed by atoms with Crippen LogP contribution in [-0.4, -0.2) is 38.6 Å². The van der Waals surface area contributed by atoms with E-state index in [1.165, 1.54) is 38.5 Å². The predicted molar refractivity (Wildman–Crippen MR) is 102 cm³/mol. The molecule has 0 aliphatic rings. The van der Waals surface area contributed by atoms with E-state index in [0.29, 0.717) is 17.1 Å². The monoisotopic (exact) mass is 402 g/mol. The molecule has 2 rings (SSSR count). The maximum Gasteiger partial charge on any atom is 0.331 e. The number of para-hydroxylation sites is 1. The van der Waals surface area contributed by atoms with Gasteiger partial charge in [-0.3, -0.25) is 20.4 Å². The van der Waals surface area contributed by atoms with Crippen LogP contribution in [0.5, 0.6) is 11.5 Å². The number of nitrogens with one attached hydrogen (secondary N) is 2. The first-order valence-corrected chi connectivity index (χ1v) is 8.35. The Hall–Kier alpha value is -3.88. The Morgan fingerprint density at radius 1 is 1.00 bits per heavy atom. The lowest BCUT2D eigenvalue weighted by Crippen LogP contribution is -2.43. The first-order valence-electron chi connectivity index (χ1n) is 8.35. The number of benzene rings is 2. The van der Waals surface area contributed by atoms with Gasteiger partial charge in [0.05, 0.1) is 19.8 Å². The van der Waals surface area contributed by atoms with Crippen molar-refractivity contribution in [1.82, 2.24) is 10.9 Å². The third-order valence-electron chi connectivity index (χ3n) is 3.61. The largest absolute Gasteiger partial charge is 0.493 e. The number of amides is 2. The highest BCUT2D eigenvalue weighted by atomic mass is 19.1. The molecule has 2 aromatic rings. The van der Waals surface area contributed by atoms with Gasteiger partial charge in [-0.15, -0.1) is 0 Å². The summed E-state index contributed by atoms with van der Waals surface area (Å²) in [7, 11) is 2.95. The van der Waals surface area contributed by atoms with Crippen LogP contribution in [0.25, 0.3) is 6.08 Å². The Kier molecular flexibility index (Phi) is 7.72. The van der Waals surface area contributed by atoms with E-state index in [9.17, 15) is 18.8 Å². The SMILES string of the molecule is COc1cccc(/C=C/C(=O)OCC(=O)NNC(=O)c2ccccc2F)c1OC. The lowest BCUT2D eigenvalue weighted by Gasteiger charge is -2.10. The molecule has 0 atom stereocenters. The molecular formula is C20H19FN2O6. The van der Waals surface area contributed by atoms with Gasteiger partial charge in [-0.1, -0.05) is 24.3 Å². The Labute approximate surface area is 166 Å². The van der Waals surface area contributed by atoms with Crippen LogP contribution in [0.1, 0.15) is 15.9 Å². The van der Waals surface area contributed by atoms with Crippen LogP contribution in [0, 0.1) is 5.82 Å². The lowest BCUT2D eigenvalue weighted by molar-refractivity contribution is -0.144. The van der Waals surface area contributed by atoms with Crippen LogP contribution in [0.15, 0.2) is 48.5 Å². The second-order valence-corrected chi connectivity index (χ2v) is 5.51. The number of hydrazine groups is 1. The van der Waals surface area contributed by atoms with Crippen molar-refractivity contribution in [2.24, 2.45) is 0 Å². The van der Waals surface area contributed by atoms with Gasteiger partial charge in [0.1, 0.15) is 5.82 Å². The van der Waals surface area contributed by atoms with E-state index >= 15 is 0 Å². The number of methoxy groups -OCH3 is 2. The molecule has 0 saturated carbocycles. The summed E-state index contributed by atoms with van der Waals surface area (Å²) in [5.41, 5.74) is 4.40. The third-order valence-corrected chi connectivity index (χ3v) is 3.61. The minimum atomic E-state index is -0.840. The molecule has 0 fully saturated rings. The maximum atomic E-state index is 13.5. The van der Waals surface area contributed by atoms with Crippen molar-refractivity contribution in [3.8, 4) is 11.5 Å². The number of carbonyl (C=O) groups is 3. The summed E-state index contributed by atoms with van der Waals surface area (Å²) in [5, 5.41) is 0. The van der Waals surface area contributed by atoms with Crippen LogP contribution < -0.4 is 20.3 Å². The van der Waals surface area contributed by atoms with Gasteiger partial charge in [0.2, 0.25) is 0 Å². The Morgan fingerprint density at radius 3 is 2.45 bits per heavy atom. The average molecular weight is 402 g/mol. The summed E-state index contributed by atoms with van der Waals surface area (Å²) >= 11 is 0. The van der Waals surface area contributed by atoms with Gasteiger partial charge < -0.3 is 14.2 Å². The number of esters is 1. The molecule has 0 bridgehead atoms. The molecule has 0 aromatic heterocycles. The van der Waals surface area contributed by atoms with Crippen molar-refractivity contribution in [3.63, 3.8) is 0 Å². The van der Waals surface area contributed by atoms with E-state index in [1.54, 1.807) is 18.2 Å². The number of carbonyl (C=O) groups excluding carboxylic acids is 3. The highest BCUT2D eigenvalue weighted by molar-refractivity contribution is 5.96. The van der Waals surface area contributed by atoms with E-state index < -0.39 is 30.2 Å². The fourth-order valence-corrected chi connectivity index (χ4v) is 2.26. The highest BCUT2D eigenvalue weighted by Gasteiger charge is 2.12. The van der Waals surface area contributed by atoms with Gasteiger partial charge >= 0.3 is 5.97 Å². The van der Waals surface area contributed by atoms with Crippen LogP contribution in [-0.2, 0) is 14.3 Å². The fraction of sp³-hybridized carbons (Fsp3) is 0.150. The smallest absolute Gasteiger partial charge is 0.331 e. The minimum absolute atomic E-state index is 0.236. The Morgan fingerprint density at radius 2 is 1.76 bits per heavy atom. The lowest BCUT2D eigenvalue weighted by atomic mass is 10.1. The summed E-state index contributed by atoms with van der Waals surface area (Å²) in [6.45, 7) is -0.643. The molecule has 9 heteroatoms. The van der Waals surface area contributed by atoms with Crippen LogP contribution in [0.4, 0.5) is 4.39 Å². The van der Waals surface area contributed by atoms with Crippen LogP contribution in [0.2, 0.25) is 0 Å². The van der Waals surface area contributed by atoms with Crippen LogP contribution in [0.3, 0.4) is 0 Å².